The molecule has 0 spiro atoms. The fourth-order valence-electron chi connectivity index (χ4n) is 2.46. The van der Waals surface area contributed by atoms with Gasteiger partial charge in [0.25, 0.3) is 0 Å². The summed E-state index contributed by atoms with van der Waals surface area (Å²) in [6.07, 6.45) is 1.62. The fraction of sp³-hybridized carbons (Fsp3) is 0.385. The fourth-order valence-corrected chi connectivity index (χ4v) is 2.46. The Morgan fingerprint density at radius 1 is 1.50 bits per heavy atom. The number of benzene rings is 1. The van der Waals surface area contributed by atoms with Gasteiger partial charge in [-0.3, -0.25) is 9.69 Å². The van der Waals surface area contributed by atoms with E-state index in [-0.39, 0.29) is 0 Å². The van der Waals surface area contributed by atoms with E-state index >= 15 is 0 Å². The topological polar surface area (TPSA) is 66.6 Å². The molecule has 2 heterocycles. The molecule has 94 valence electrons. The molecule has 1 N–H and O–H groups in total. The molecule has 18 heavy (non-hydrogen) atoms. The quantitative estimate of drug-likeness (QED) is 0.895. The molecule has 0 bridgehead atoms. The Labute approximate surface area is 104 Å². The van der Waals surface area contributed by atoms with Crippen LogP contribution >= 0.6 is 0 Å². The molecule has 1 aromatic carbocycles. The predicted octanol–water partition coefficient (Wildman–Crippen LogP) is 1.88. The van der Waals surface area contributed by atoms with Gasteiger partial charge in [0, 0.05) is 0 Å². The van der Waals surface area contributed by atoms with Crippen molar-refractivity contribution in [3.05, 3.63) is 30.2 Å². The first-order chi connectivity index (χ1) is 8.74. The van der Waals surface area contributed by atoms with Crippen LogP contribution in [-0.4, -0.2) is 33.5 Å². The molecule has 1 aliphatic rings. The van der Waals surface area contributed by atoms with Gasteiger partial charge in [-0.05, 0) is 31.5 Å². The number of aliphatic carboxylic acids is 1. The molecule has 0 saturated carbocycles. The number of carbonyl (C=O) groups is 1. The number of rotatable bonds is 3. The van der Waals surface area contributed by atoms with Crippen LogP contribution in [0.25, 0.3) is 11.1 Å². The molecule has 1 saturated heterocycles. The highest BCUT2D eigenvalue weighted by Gasteiger charge is 2.31. The molecule has 0 aliphatic carbocycles. The summed E-state index contributed by atoms with van der Waals surface area (Å²) in [5.41, 5.74) is 1.57. The van der Waals surface area contributed by atoms with Crippen molar-refractivity contribution in [1.29, 1.82) is 0 Å². The van der Waals surface area contributed by atoms with Crippen LogP contribution in [0, 0.1) is 0 Å². The Balaban J connectivity index is 1.81. The second-order valence-corrected chi connectivity index (χ2v) is 4.54. The molecule has 1 aromatic heterocycles. The Bertz CT molecular complexity index is 545. The number of para-hydroxylation sites is 2. The van der Waals surface area contributed by atoms with Crippen molar-refractivity contribution in [3.63, 3.8) is 0 Å². The Morgan fingerprint density at radius 2 is 2.33 bits per heavy atom. The van der Waals surface area contributed by atoms with Crippen molar-refractivity contribution in [1.82, 2.24) is 9.88 Å². The van der Waals surface area contributed by atoms with E-state index in [0.29, 0.717) is 18.9 Å². The second-order valence-electron chi connectivity index (χ2n) is 4.54. The van der Waals surface area contributed by atoms with Crippen LogP contribution < -0.4 is 0 Å². The second kappa shape index (κ2) is 4.42. The Hall–Kier alpha value is -1.88. The minimum Gasteiger partial charge on any atom is -0.480 e. The van der Waals surface area contributed by atoms with Crippen molar-refractivity contribution < 1.29 is 14.3 Å². The summed E-state index contributed by atoms with van der Waals surface area (Å²) in [5.74, 6) is -0.173. The lowest BCUT2D eigenvalue weighted by Gasteiger charge is -2.18. The van der Waals surface area contributed by atoms with Gasteiger partial charge in [0.2, 0.25) is 5.89 Å². The molecular formula is C13H14N2O3. The van der Waals surface area contributed by atoms with Gasteiger partial charge in [-0.25, -0.2) is 4.98 Å². The van der Waals surface area contributed by atoms with E-state index in [1.165, 1.54) is 0 Å². The number of carboxylic acids is 1. The molecule has 3 rings (SSSR count). The molecule has 1 atom stereocenters. The maximum Gasteiger partial charge on any atom is 0.320 e. The van der Waals surface area contributed by atoms with E-state index in [2.05, 4.69) is 4.98 Å². The third kappa shape index (κ3) is 1.97. The summed E-state index contributed by atoms with van der Waals surface area (Å²) in [4.78, 5) is 17.4. The molecular weight excluding hydrogens is 232 g/mol. The third-order valence-electron chi connectivity index (χ3n) is 3.33. The van der Waals surface area contributed by atoms with Gasteiger partial charge < -0.3 is 9.52 Å². The summed E-state index contributed by atoms with van der Waals surface area (Å²) in [7, 11) is 0. The van der Waals surface area contributed by atoms with Gasteiger partial charge in [0.15, 0.2) is 5.58 Å². The van der Waals surface area contributed by atoms with E-state index < -0.39 is 12.0 Å². The highest BCUT2D eigenvalue weighted by Crippen LogP contribution is 2.22. The molecule has 1 fully saturated rings. The van der Waals surface area contributed by atoms with Gasteiger partial charge in [-0.2, -0.15) is 0 Å². The first kappa shape index (κ1) is 11.2. The summed E-state index contributed by atoms with van der Waals surface area (Å²) in [6, 6.07) is 7.16. The molecule has 0 radical (unpaired) electrons. The van der Waals surface area contributed by atoms with Gasteiger partial charge >= 0.3 is 5.97 Å². The molecule has 1 aliphatic heterocycles. The molecule has 1 unspecified atom stereocenters. The number of hydrogen-bond donors (Lipinski definition) is 1. The standard InChI is InChI=1S/C13H14N2O3/c16-13(17)10-5-3-7-15(10)8-12-14-9-4-1-2-6-11(9)18-12/h1-2,4,6,10H,3,5,7-8H2,(H,16,17). The number of nitrogens with zero attached hydrogens (tertiary/aromatic N) is 2. The Morgan fingerprint density at radius 3 is 3.11 bits per heavy atom. The van der Waals surface area contributed by atoms with Crippen LogP contribution in [0.5, 0.6) is 0 Å². The van der Waals surface area contributed by atoms with Crippen molar-refractivity contribution in [3.8, 4) is 0 Å². The predicted molar refractivity (Wildman–Crippen MR) is 65.1 cm³/mol. The average molecular weight is 246 g/mol. The first-order valence-corrected chi connectivity index (χ1v) is 6.05. The number of likely N-dealkylation sites (tertiary alicyclic amines) is 1. The smallest absolute Gasteiger partial charge is 0.320 e. The highest BCUT2D eigenvalue weighted by molar-refractivity contribution is 5.74. The first-order valence-electron chi connectivity index (χ1n) is 6.05. The van der Waals surface area contributed by atoms with Crippen LogP contribution in [0.2, 0.25) is 0 Å². The number of hydrogen-bond acceptors (Lipinski definition) is 4. The number of fused-ring (bicyclic) bond motifs is 1. The molecule has 0 amide bonds. The van der Waals surface area contributed by atoms with Crippen LogP contribution in [0.4, 0.5) is 0 Å². The largest absolute Gasteiger partial charge is 0.480 e. The SMILES string of the molecule is O=C(O)C1CCCN1Cc1nc2ccccc2o1. The lowest BCUT2D eigenvalue weighted by atomic mass is 10.2. The van der Waals surface area contributed by atoms with Crippen LogP contribution in [-0.2, 0) is 11.3 Å². The third-order valence-corrected chi connectivity index (χ3v) is 3.33. The Kier molecular flexibility index (Phi) is 2.76. The van der Waals surface area contributed by atoms with Crippen LogP contribution in [0.1, 0.15) is 18.7 Å². The van der Waals surface area contributed by atoms with E-state index in [1.54, 1.807) is 0 Å². The van der Waals surface area contributed by atoms with Gasteiger partial charge in [-0.15, -0.1) is 0 Å². The normalized spacial score (nSPS) is 20.6. The number of aromatic nitrogens is 1. The van der Waals surface area contributed by atoms with Crippen LogP contribution in [0.15, 0.2) is 28.7 Å². The van der Waals surface area contributed by atoms with Gasteiger partial charge in [0.05, 0.1) is 6.54 Å². The van der Waals surface area contributed by atoms with Crippen molar-refractivity contribution in [2.24, 2.45) is 0 Å². The average Bonchev–Trinajstić information content (AvgIpc) is 2.94. The molecule has 2 aromatic rings. The minimum atomic E-state index is -0.761. The summed E-state index contributed by atoms with van der Waals surface area (Å²) < 4.78 is 5.61. The summed E-state index contributed by atoms with van der Waals surface area (Å²) >= 11 is 0. The summed E-state index contributed by atoms with van der Waals surface area (Å²) in [5, 5.41) is 9.11. The van der Waals surface area contributed by atoms with E-state index in [0.717, 1.165) is 24.1 Å². The number of oxazole rings is 1. The monoisotopic (exact) mass is 246 g/mol. The highest BCUT2D eigenvalue weighted by atomic mass is 16.4. The van der Waals surface area contributed by atoms with Crippen LogP contribution in [0.3, 0.4) is 0 Å². The zero-order valence-electron chi connectivity index (χ0n) is 9.87. The minimum absolute atomic E-state index is 0.403. The lowest BCUT2D eigenvalue weighted by molar-refractivity contribution is -0.142. The maximum atomic E-state index is 11.1. The molecule has 5 heteroatoms. The maximum absolute atomic E-state index is 11.1. The summed E-state index contributed by atoms with van der Waals surface area (Å²) in [6.45, 7) is 1.25. The zero-order chi connectivity index (χ0) is 12.5. The van der Waals surface area contributed by atoms with Gasteiger partial charge in [0.1, 0.15) is 11.6 Å². The van der Waals surface area contributed by atoms with Crippen molar-refractivity contribution in [2.75, 3.05) is 6.54 Å². The zero-order valence-corrected chi connectivity index (χ0v) is 9.87. The lowest BCUT2D eigenvalue weighted by Crippen LogP contribution is -2.35. The van der Waals surface area contributed by atoms with Gasteiger partial charge in [-0.1, -0.05) is 12.1 Å². The van der Waals surface area contributed by atoms with Crippen molar-refractivity contribution in [2.45, 2.75) is 25.4 Å². The van der Waals surface area contributed by atoms with E-state index in [4.69, 9.17) is 9.52 Å². The molecule has 5 nitrogen and oxygen atoms in total. The van der Waals surface area contributed by atoms with E-state index in [9.17, 15) is 4.79 Å². The van der Waals surface area contributed by atoms with Crippen molar-refractivity contribution >= 4 is 17.1 Å². The van der Waals surface area contributed by atoms with E-state index in [1.807, 2.05) is 29.2 Å². The number of carboxylic acid groups (broad SMARTS) is 1.